The lowest BCUT2D eigenvalue weighted by molar-refractivity contribution is -0.240. The summed E-state index contributed by atoms with van der Waals surface area (Å²) in [7, 11) is -15.9. The number of amides is 1. The van der Waals surface area contributed by atoms with Crippen LogP contribution in [0.25, 0.3) is 22.3 Å². The van der Waals surface area contributed by atoms with Gasteiger partial charge in [0.25, 0.3) is 42.4 Å². The number of carbonyl (C=O) groups is 3. The van der Waals surface area contributed by atoms with E-state index in [1.54, 1.807) is 56.5 Å². The number of hydrogen-bond donors (Lipinski definition) is 4. The number of pyridine rings is 2. The fourth-order valence-electron chi connectivity index (χ4n) is 12.6. The predicted molar refractivity (Wildman–Crippen MR) is 457 cm³/mol. The van der Waals surface area contributed by atoms with Gasteiger partial charge in [0.05, 0.1) is 226 Å². The lowest BCUT2D eigenvalue weighted by atomic mass is 9.84. The standard InChI is InChI=1S/C79H127N5O39P4S2/c1-7-61-62-49-59(17-18-66(62)81-71-63(61)53-83-67(71)50-65-64(73(83)88)56-112-75(90)79(65,8-2)122-74(89)78(4,5)6)120-77(92)80-19-16-21-111-54-60(55-118-125(95,96)115-44-40-108-36-32-104-28-24-101-23-27-103-31-35-107-39-43-114-124(93,94)113-22-13-9-10-14-47-128-129-48-15-11-12-20-85)123-127(99,100)117-46-42-110-38-34-106-30-26-102-25-29-105-33-37-109-41-45-116-126(97,98)119-57-69-68(86)51-70(121-69)84-52-58(3)72(87)82-76(84)91/h17-18,49-50,52,60,68-70,85-86H,7-16,19-48,51,53-57H2,1-6H3,(H,80,92)(H,93,94)(H,95,96)(H,97,98)(H,99,100)(H,82,87,91)/p-4/t60?,68?,69?,70?,79-/m0/s1. The van der Waals surface area contributed by atoms with E-state index in [-0.39, 0.29) is 227 Å². The minimum absolute atomic E-state index is 0.00537. The summed E-state index contributed by atoms with van der Waals surface area (Å²) in [4.78, 5) is 136. The van der Waals surface area contributed by atoms with Crippen molar-refractivity contribution >= 4 is 81.8 Å². The molecule has 8 unspecified atom stereocenters. The van der Waals surface area contributed by atoms with Gasteiger partial charge in [-0.2, -0.15) is 0 Å². The number of H-pyrrole nitrogens is 1. The summed E-state index contributed by atoms with van der Waals surface area (Å²) in [5.74, 6) is 0.836. The van der Waals surface area contributed by atoms with Gasteiger partial charge in [-0.3, -0.25) is 42.2 Å². The van der Waals surface area contributed by atoms with Crippen LogP contribution in [0.3, 0.4) is 0 Å². The number of aryl methyl sites for hydroxylation is 2. The van der Waals surface area contributed by atoms with E-state index < -0.39 is 135 Å². The summed E-state index contributed by atoms with van der Waals surface area (Å²) in [5.41, 5.74) is -0.910. The molecule has 1 amide bonds. The number of unbranched alkanes of at least 4 members (excludes halogenated alkanes) is 5. The zero-order chi connectivity index (χ0) is 93.6. The van der Waals surface area contributed by atoms with Gasteiger partial charge in [0.2, 0.25) is 5.60 Å². The van der Waals surface area contributed by atoms with E-state index in [9.17, 15) is 71.7 Å². The minimum Gasteiger partial charge on any atom is -0.756 e. The van der Waals surface area contributed by atoms with Crippen molar-refractivity contribution in [2.45, 2.75) is 155 Å². The second-order valence-corrected chi connectivity index (χ2v) is 38.4. The number of aliphatic hydroxyl groups excluding tert-OH is 2. The Morgan fingerprint density at radius 2 is 1.12 bits per heavy atom. The maximum atomic E-state index is 14.3. The van der Waals surface area contributed by atoms with Gasteiger partial charge in [-0.05, 0) is 102 Å². The predicted octanol–water partition coefficient (Wildman–Crippen LogP) is 4.89. The zero-order valence-electron chi connectivity index (χ0n) is 73.7. The summed E-state index contributed by atoms with van der Waals surface area (Å²) in [6.45, 7) is 8.54. The number of rotatable bonds is 73. The topological polar surface area (TPSA) is 566 Å². The largest absolute Gasteiger partial charge is 0.756 e. The van der Waals surface area contributed by atoms with Crippen molar-refractivity contribution in [1.82, 2.24) is 24.4 Å². The molecule has 44 nitrogen and oxygen atoms in total. The van der Waals surface area contributed by atoms with Crippen molar-refractivity contribution in [1.29, 1.82) is 0 Å². The fraction of sp³-hybridized carbons (Fsp3) is 0.734. The number of fused-ring (bicyclic) bond motifs is 5. The first kappa shape index (κ1) is 111. The number of esters is 2. The quantitative estimate of drug-likeness (QED) is 0.0174. The average molecular weight is 1950 g/mol. The van der Waals surface area contributed by atoms with Crippen LogP contribution in [-0.2, 0) is 156 Å². The number of ether oxygens (including phenoxy) is 15. The van der Waals surface area contributed by atoms with Crippen LogP contribution in [0.2, 0.25) is 0 Å². The number of aromatic nitrogens is 4. The van der Waals surface area contributed by atoms with Crippen LogP contribution >= 0.6 is 52.9 Å². The van der Waals surface area contributed by atoms with Crippen molar-refractivity contribution in [3.63, 3.8) is 0 Å². The highest BCUT2D eigenvalue weighted by Gasteiger charge is 2.52. The molecule has 7 rings (SSSR count). The molecule has 129 heavy (non-hydrogen) atoms. The smallest absolute Gasteiger partial charge is 0.412 e. The SMILES string of the molecule is CCc1c2c(nc3ccc(OC(=O)NCCCOCC(COP(=O)([O-])OCCOCCOCCOCCOCCOCCOP(=O)([O-])OCCCCCCSSCCCCCO)OP(=O)([O-])OCCOCCOCCOCCOCCOCCOP(=O)([O-])OCC4OC(n5cc(C)c(=O)[nH]c5=O)CC4O)cc13)-c1cc3c(c(=O)n1C2)COC(=O)[C@@]3(CC)OC(=O)C(C)(C)C. The first-order chi connectivity index (χ1) is 61.8. The van der Waals surface area contributed by atoms with Crippen molar-refractivity contribution < 1.29 is 170 Å². The second kappa shape index (κ2) is 59.1. The van der Waals surface area contributed by atoms with Crippen molar-refractivity contribution in [3.05, 3.63) is 89.5 Å². The number of phosphoric acid groups is 4. The van der Waals surface area contributed by atoms with Gasteiger partial charge in [-0.25, -0.2) is 19.4 Å². The Morgan fingerprint density at radius 3 is 1.65 bits per heavy atom. The van der Waals surface area contributed by atoms with Gasteiger partial charge in [-0.15, -0.1) is 0 Å². The highest BCUT2D eigenvalue weighted by Crippen LogP contribution is 2.46. The normalized spacial score (nSPS) is 18.3. The van der Waals surface area contributed by atoms with Crippen LogP contribution in [0.5, 0.6) is 5.75 Å². The Morgan fingerprint density at radius 1 is 0.620 bits per heavy atom. The van der Waals surface area contributed by atoms with Crippen LogP contribution in [0.1, 0.15) is 133 Å². The highest BCUT2D eigenvalue weighted by molar-refractivity contribution is 8.76. The molecule has 1 aromatic carbocycles. The maximum absolute atomic E-state index is 14.3. The van der Waals surface area contributed by atoms with Crippen molar-refractivity contribution in [2.24, 2.45) is 5.41 Å². The van der Waals surface area contributed by atoms with E-state index in [4.69, 9.17) is 117 Å². The van der Waals surface area contributed by atoms with Crippen molar-refractivity contribution in [2.75, 3.05) is 216 Å². The third-order valence-corrected chi connectivity index (χ3v) is 25.8. The van der Waals surface area contributed by atoms with Gasteiger partial charge < -0.3 is 147 Å². The van der Waals surface area contributed by atoms with Gasteiger partial charge in [0.15, 0.2) is 0 Å². The number of nitrogens with zero attached hydrogens (tertiary/aromatic N) is 3. The van der Waals surface area contributed by atoms with Crippen LogP contribution in [0.4, 0.5) is 4.79 Å². The van der Waals surface area contributed by atoms with Crippen LogP contribution in [0, 0.1) is 12.3 Å². The molecule has 0 spiro atoms. The number of aliphatic hydroxyl groups is 2. The summed E-state index contributed by atoms with van der Waals surface area (Å²) in [5, 5.41) is 22.5. The van der Waals surface area contributed by atoms with Crippen molar-refractivity contribution in [3.8, 4) is 17.1 Å². The van der Waals surface area contributed by atoms with Crippen LogP contribution in [0.15, 0.2) is 44.8 Å². The molecule has 4 N–H and O–H groups in total. The second-order valence-electron chi connectivity index (χ2n) is 30.1. The van der Waals surface area contributed by atoms with E-state index in [2.05, 4.69) is 10.3 Å². The molecule has 3 aromatic heterocycles. The van der Waals surface area contributed by atoms with E-state index >= 15 is 0 Å². The molecule has 0 aliphatic carbocycles. The molecule has 3 aliphatic heterocycles. The molecule has 1 saturated heterocycles. The lowest BCUT2D eigenvalue weighted by Crippen LogP contribution is -2.48. The molecule has 4 aromatic rings. The molecule has 0 bridgehead atoms. The third kappa shape index (κ3) is 40.5. The molecule has 0 radical (unpaired) electrons. The van der Waals surface area contributed by atoms with E-state index in [1.807, 2.05) is 28.5 Å². The molecule has 6 heterocycles. The number of carbonyl (C=O) groups excluding carboxylic acids is 3. The van der Waals surface area contributed by atoms with Gasteiger partial charge in [-0.1, -0.05) is 54.7 Å². The van der Waals surface area contributed by atoms with E-state index in [1.165, 1.54) is 13.1 Å². The minimum atomic E-state index is -5.21. The number of phosphoric ester groups is 4. The monoisotopic (exact) mass is 1950 g/mol. The van der Waals surface area contributed by atoms with Gasteiger partial charge in [0, 0.05) is 66.0 Å². The summed E-state index contributed by atoms with van der Waals surface area (Å²) in [6, 6.07) is 6.54. The third-order valence-electron chi connectivity index (χ3n) is 19.2. The molecule has 3 aliphatic rings. The Kier molecular flexibility index (Phi) is 50.9. The Labute approximate surface area is 756 Å². The molecule has 1 fully saturated rings. The van der Waals surface area contributed by atoms with E-state index in [0.29, 0.717) is 35.1 Å². The fourth-order valence-corrected chi connectivity index (χ4v) is 17.9. The molecule has 0 saturated carbocycles. The van der Waals surface area contributed by atoms with Gasteiger partial charge in [0.1, 0.15) is 30.8 Å². The highest BCUT2D eigenvalue weighted by atomic mass is 33.1. The number of cyclic esters (lactones) is 1. The number of nitrogens with one attached hydrogen (secondary N) is 2. The summed E-state index contributed by atoms with van der Waals surface area (Å²) < 4.78 is 175. The molecule has 9 atom stereocenters. The van der Waals surface area contributed by atoms with Crippen LogP contribution < -0.4 is 46.4 Å². The molecule has 50 heteroatoms. The zero-order valence-corrected chi connectivity index (χ0v) is 78.9. The number of aromatic amines is 1. The lowest BCUT2D eigenvalue weighted by Gasteiger charge is -2.37. The summed E-state index contributed by atoms with van der Waals surface area (Å²) >= 11 is 0. The first-order valence-electron chi connectivity index (χ1n) is 42.7. The average Bonchev–Trinajstić information content (AvgIpc) is 1.59. The number of hydrogen-bond acceptors (Lipinski definition) is 42. The Balaban J connectivity index is 0.749. The molecular formula is C79H123N5O39P4S2-4. The summed E-state index contributed by atoms with van der Waals surface area (Å²) in [6.07, 6.45) is 2.60. The number of benzene rings is 1. The van der Waals surface area contributed by atoms with E-state index in [0.717, 1.165) is 65.7 Å². The Bertz CT molecular complexity index is 4430. The van der Waals surface area contributed by atoms with Gasteiger partial charge >= 0.3 is 23.7 Å². The molecule has 734 valence electrons. The maximum Gasteiger partial charge on any atom is 0.412 e. The van der Waals surface area contributed by atoms with Crippen LogP contribution in [-0.4, -0.2) is 282 Å². The molecular weight excluding hydrogens is 1830 g/mol. The Hall–Kier alpha value is -4.95. The first-order valence-corrected chi connectivity index (χ1v) is 51.0.